The van der Waals surface area contributed by atoms with Gasteiger partial charge in [0.05, 0.1) is 47.0 Å². The van der Waals surface area contributed by atoms with E-state index in [2.05, 4.69) is 10.9 Å². The Morgan fingerprint density at radius 3 is 2.49 bits per heavy atom. The van der Waals surface area contributed by atoms with Gasteiger partial charge in [-0.3, -0.25) is 4.79 Å². The van der Waals surface area contributed by atoms with E-state index in [4.69, 9.17) is 15.9 Å². The third-order valence-corrected chi connectivity index (χ3v) is 8.30. The number of ether oxygens (including phenoxy) is 2. The van der Waals surface area contributed by atoms with Gasteiger partial charge in [0.1, 0.15) is 0 Å². The number of rotatable bonds is 6. The molecule has 1 aliphatic heterocycles. The van der Waals surface area contributed by atoms with Crippen LogP contribution in [0.3, 0.4) is 0 Å². The lowest BCUT2D eigenvalue weighted by molar-refractivity contribution is 0.0526. The number of amides is 1. The average Bonchev–Trinajstić information content (AvgIpc) is 3.21. The molecule has 1 aliphatic rings. The van der Waals surface area contributed by atoms with Crippen LogP contribution in [-0.2, 0) is 26.0 Å². The van der Waals surface area contributed by atoms with Crippen molar-refractivity contribution in [1.29, 1.82) is 0 Å². The molecule has 1 fully saturated rings. The summed E-state index contributed by atoms with van der Waals surface area (Å²) in [7, 11) is -3.66. The van der Waals surface area contributed by atoms with E-state index >= 15 is 0 Å². The smallest absolute Gasteiger partial charge is 0.338 e. The van der Waals surface area contributed by atoms with E-state index < -0.39 is 21.9 Å². The third kappa shape index (κ3) is 5.21. The van der Waals surface area contributed by atoms with Crippen LogP contribution in [0.2, 0.25) is 0 Å². The number of carbonyl (C=O) groups excluding carboxylic acids is 2. The fraction of sp³-hybridized carbons (Fsp3) is 0.292. The highest BCUT2D eigenvalue weighted by molar-refractivity contribution is 7.89. The van der Waals surface area contributed by atoms with Crippen molar-refractivity contribution in [2.45, 2.75) is 18.4 Å². The van der Waals surface area contributed by atoms with Crippen LogP contribution < -0.4 is 4.80 Å². The quantitative estimate of drug-likeness (QED) is 0.370. The lowest BCUT2D eigenvalue weighted by Crippen LogP contribution is -2.40. The summed E-state index contributed by atoms with van der Waals surface area (Å²) in [4.78, 5) is 29.7. The van der Waals surface area contributed by atoms with Crippen molar-refractivity contribution in [3.63, 3.8) is 0 Å². The molecule has 0 saturated carbocycles. The molecule has 0 unspecified atom stereocenters. The van der Waals surface area contributed by atoms with E-state index in [1.165, 1.54) is 39.9 Å². The molecule has 2 aromatic carbocycles. The van der Waals surface area contributed by atoms with Gasteiger partial charge >= 0.3 is 5.97 Å². The number of carbonyl (C=O) groups is 2. The second-order valence-electron chi connectivity index (χ2n) is 7.54. The Balaban J connectivity index is 1.65. The molecule has 11 heteroatoms. The van der Waals surface area contributed by atoms with Gasteiger partial charge in [-0.25, -0.2) is 13.2 Å². The molecule has 9 nitrogen and oxygen atoms in total. The molecular weight excluding hydrogens is 490 g/mol. The van der Waals surface area contributed by atoms with E-state index in [0.29, 0.717) is 23.6 Å². The van der Waals surface area contributed by atoms with E-state index in [9.17, 15) is 18.0 Å². The third-order valence-electron chi connectivity index (χ3n) is 5.35. The Bertz CT molecular complexity index is 1470. The highest BCUT2D eigenvalue weighted by Gasteiger charge is 2.26. The predicted octanol–water partition coefficient (Wildman–Crippen LogP) is 2.27. The molecule has 0 bridgehead atoms. The molecule has 1 amide bonds. The van der Waals surface area contributed by atoms with Gasteiger partial charge in [0.25, 0.3) is 5.91 Å². The second kappa shape index (κ2) is 10.5. The molecule has 0 atom stereocenters. The molecule has 0 aliphatic carbocycles. The van der Waals surface area contributed by atoms with Gasteiger partial charge in [0, 0.05) is 18.7 Å². The lowest BCUT2D eigenvalue weighted by atomic mass is 10.2. The summed E-state index contributed by atoms with van der Waals surface area (Å²) in [5, 5.41) is 0. The molecule has 0 spiro atoms. The average molecular weight is 514 g/mol. The van der Waals surface area contributed by atoms with Crippen LogP contribution in [0, 0.1) is 12.3 Å². The molecule has 182 valence electrons. The SMILES string of the molecule is C#CCn1c(=NC(=O)c2ccc(S(=O)(=O)N3CCOCC3)cc2)sc2cc(C(=O)OCC)ccc21. The number of thiazole rings is 1. The first-order valence-electron chi connectivity index (χ1n) is 10.9. The van der Waals surface area contributed by atoms with E-state index in [1.807, 2.05) is 0 Å². The standard InChI is InChI=1S/C24H23N3O6S2/c1-3-11-27-20-10-7-18(23(29)33-4-2)16-21(20)34-24(27)25-22(28)17-5-8-19(9-6-17)35(30,31)26-12-14-32-15-13-26/h1,5-10,16H,4,11-15H2,2H3. The molecule has 0 N–H and O–H groups in total. The zero-order chi connectivity index (χ0) is 25.0. The number of hydrogen-bond acceptors (Lipinski definition) is 7. The number of morpholine rings is 1. The van der Waals surface area contributed by atoms with Crippen molar-refractivity contribution in [2.75, 3.05) is 32.9 Å². The Labute approximate surface area is 206 Å². The fourth-order valence-electron chi connectivity index (χ4n) is 3.60. The number of nitrogens with zero attached hydrogens (tertiary/aromatic N) is 3. The second-order valence-corrected chi connectivity index (χ2v) is 10.5. The van der Waals surface area contributed by atoms with E-state index in [1.54, 1.807) is 29.7 Å². The van der Waals surface area contributed by atoms with E-state index in [-0.39, 0.29) is 36.7 Å². The molecule has 4 rings (SSSR count). The normalized spacial score (nSPS) is 15.1. The van der Waals surface area contributed by atoms with Crippen LogP contribution >= 0.6 is 11.3 Å². The number of hydrogen-bond donors (Lipinski definition) is 0. The summed E-state index contributed by atoms with van der Waals surface area (Å²) in [5.41, 5.74) is 1.37. The van der Waals surface area contributed by atoms with Crippen LogP contribution in [0.15, 0.2) is 52.4 Å². The van der Waals surface area contributed by atoms with Gasteiger partial charge in [-0.1, -0.05) is 17.3 Å². The molecule has 3 aromatic rings. The van der Waals surface area contributed by atoms with Crippen LogP contribution in [-0.4, -0.2) is 62.1 Å². The van der Waals surface area contributed by atoms with Gasteiger partial charge in [0.15, 0.2) is 4.80 Å². The van der Waals surface area contributed by atoms with Crippen molar-refractivity contribution >= 4 is 43.5 Å². The minimum Gasteiger partial charge on any atom is -0.462 e. The molecule has 35 heavy (non-hydrogen) atoms. The monoisotopic (exact) mass is 513 g/mol. The first kappa shape index (κ1) is 24.8. The Hall–Kier alpha value is -3.30. The van der Waals surface area contributed by atoms with Crippen molar-refractivity contribution in [3.05, 3.63) is 58.4 Å². The number of aromatic nitrogens is 1. The summed E-state index contributed by atoms with van der Waals surface area (Å²) in [6.45, 7) is 3.46. The van der Waals surface area contributed by atoms with Crippen molar-refractivity contribution in [1.82, 2.24) is 8.87 Å². The highest BCUT2D eigenvalue weighted by atomic mass is 32.2. The van der Waals surface area contributed by atoms with Gasteiger partial charge in [-0.15, -0.1) is 6.42 Å². The number of esters is 1. The van der Waals surface area contributed by atoms with Gasteiger partial charge in [-0.2, -0.15) is 9.30 Å². The minimum atomic E-state index is -3.66. The lowest BCUT2D eigenvalue weighted by Gasteiger charge is -2.26. The number of sulfonamides is 1. The Morgan fingerprint density at radius 2 is 1.83 bits per heavy atom. The van der Waals surface area contributed by atoms with Gasteiger partial charge in [-0.05, 0) is 49.4 Å². The maximum atomic E-state index is 12.9. The minimum absolute atomic E-state index is 0.103. The molecule has 1 saturated heterocycles. The summed E-state index contributed by atoms with van der Waals surface area (Å²) in [6.07, 6.45) is 5.52. The Morgan fingerprint density at radius 1 is 1.14 bits per heavy atom. The highest BCUT2D eigenvalue weighted by Crippen LogP contribution is 2.21. The summed E-state index contributed by atoms with van der Waals surface area (Å²) < 4.78 is 39.7. The number of benzene rings is 2. The topological polar surface area (TPSA) is 107 Å². The van der Waals surface area contributed by atoms with Crippen LogP contribution in [0.1, 0.15) is 27.6 Å². The van der Waals surface area contributed by atoms with Gasteiger partial charge in [0.2, 0.25) is 10.0 Å². The summed E-state index contributed by atoms with van der Waals surface area (Å²) in [6, 6.07) is 10.7. The summed E-state index contributed by atoms with van der Waals surface area (Å²) in [5.74, 6) is 1.58. The number of fused-ring (bicyclic) bond motifs is 1. The zero-order valence-electron chi connectivity index (χ0n) is 19.0. The first-order valence-corrected chi connectivity index (χ1v) is 13.1. The van der Waals surface area contributed by atoms with Gasteiger partial charge < -0.3 is 14.0 Å². The maximum Gasteiger partial charge on any atom is 0.338 e. The molecule has 2 heterocycles. The van der Waals surface area contributed by atoms with Crippen molar-refractivity contribution in [3.8, 4) is 12.3 Å². The molecule has 1 aromatic heterocycles. The van der Waals surface area contributed by atoms with Crippen molar-refractivity contribution in [2.24, 2.45) is 4.99 Å². The fourth-order valence-corrected chi connectivity index (χ4v) is 6.08. The largest absolute Gasteiger partial charge is 0.462 e. The van der Waals surface area contributed by atoms with Crippen LogP contribution in [0.25, 0.3) is 10.2 Å². The molecule has 0 radical (unpaired) electrons. The maximum absolute atomic E-state index is 12.9. The van der Waals surface area contributed by atoms with E-state index in [0.717, 1.165) is 10.2 Å². The zero-order valence-corrected chi connectivity index (χ0v) is 20.6. The van der Waals surface area contributed by atoms with Crippen molar-refractivity contribution < 1.29 is 27.5 Å². The first-order chi connectivity index (χ1) is 16.8. The Kier molecular flexibility index (Phi) is 7.47. The predicted molar refractivity (Wildman–Crippen MR) is 131 cm³/mol. The van der Waals surface area contributed by atoms with Crippen LogP contribution in [0.4, 0.5) is 0 Å². The molecular formula is C24H23N3O6S2. The summed E-state index contributed by atoms with van der Waals surface area (Å²) >= 11 is 1.22. The number of terminal acetylenes is 1. The van der Waals surface area contributed by atoms with Crippen LogP contribution in [0.5, 0.6) is 0 Å².